The van der Waals surface area contributed by atoms with E-state index in [4.69, 9.17) is 4.42 Å². The van der Waals surface area contributed by atoms with Crippen LogP contribution < -0.4 is 5.32 Å². The van der Waals surface area contributed by atoms with Crippen molar-refractivity contribution in [3.8, 4) is 0 Å². The zero-order valence-electron chi connectivity index (χ0n) is 9.89. The molecule has 1 aromatic rings. The Morgan fingerprint density at radius 1 is 1.41 bits per heavy atom. The number of nitrogens with one attached hydrogen (secondary N) is 1. The van der Waals surface area contributed by atoms with Crippen LogP contribution in [0.1, 0.15) is 36.2 Å². The lowest BCUT2D eigenvalue weighted by molar-refractivity contribution is 0.0459. The minimum absolute atomic E-state index is 0.0494. The van der Waals surface area contributed by atoms with E-state index in [1.54, 1.807) is 18.4 Å². The monoisotopic (exact) mass is 234 g/mol. The van der Waals surface area contributed by atoms with Gasteiger partial charge in [0.15, 0.2) is 5.76 Å². The van der Waals surface area contributed by atoms with Crippen LogP contribution in [0.2, 0.25) is 0 Å². The van der Waals surface area contributed by atoms with Crippen molar-refractivity contribution >= 4 is 5.91 Å². The third-order valence-electron chi connectivity index (χ3n) is 3.88. The lowest BCUT2D eigenvalue weighted by Gasteiger charge is -2.44. The van der Waals surface area contributed by atoms with Gasteiger partial charge in [0.25, 0.3) is 5.91 Å². The minimum atomic E-state index is 0.0494. The van der Waals surface area contributed by atoms with Gasteiger partial charge in [-0.1, -0.05) is 12.8 Å². The summed E-state index contributed by atoms with van der Waals surface area (Å²) in [6.07, 6.45) is 6.37. The van der Waals surface area contributed by atoms with E-state index in [0.29, 0.717) is 17.8 Å². The van der Waals surface area contributed by atoms with Gasteiger partial charge in [0, 0.05) is 25.2 Å². The Morgan fingerprint density at radius 3 is 3.12 bits per heavy atom. The molecule has 0 bridgehead atoms. The Kier molecular flexibility index (Phi) is 2.89. The summed E-state index contributed by atoms with van der Waals surface area (Å²) in [5.74, 6) is 0.518. The number of hydrogen-bond acceptors (Lipinski definition) is 3. The maximum absolute atomic E-state index is 12.3. The quantitative estimate of drug-likeness (QED) is 0.803. The molecule has 1 saturated carbocycles. The molecule has 0 aromatic carbocycles. The highest BCUT2D eigenvalue weighted by Crippen LogP contribution is 2.26. The molecule has 1 aliphatic heterocycles. The van der Waals surface area contributed by atoms with Crippen molar-refractivity contribution in [1.82, 2.24) is 10.2 Å². The maximum Gasteiger partial charge on any atom is 0.289 e. The first-order valence-corrected chi connectivity index (χ1v) is 6.44. The van der Waals surface area contributed by atoms with Gasteiger partial charge >= 0.3 is 0 Å². The van der Waals surface area contributed by atoms with Crippen molar-refractivity contribution < 1.29 is 9.21 Å². The first-order chi connectivity index (χ1) is 8.36. The number of rotatable bonds is 1. The molecule has 0 spiro atoms. The predicted octanol–water partition coefficient (Wildman–Crippen LogP) is 1.64. The molecule has 1 saturated heterocycles. The van der Waals surface area contributed by atoms with Crippen molar-refractivity contribution in [2.24, 2.45) is 0 Å². The molecule has 3 rings (SSSR count). The summed E-state index contributed by atoms with van der Waals surface area (Å²) < 4.78 is 5.22. The third kappa shape index (κ3) is 1.97. The number of carbonyl (C=O) groups is 1. The van der Waals surface area contributed by atoms with Crippen LogP contribution in [0.15, 0.2) is 22.8 Å². The number of nitrogens with zero attached hydrogens (tertiary/aromatic N) is 1. The van der Waals surface area contributed by atoms with Gasteiger partial charge in [0.05, 0.1) is 6.26 Å². The fraction of sp³-hybridized carbons (Fsp3) is 0.615. The summed E-state index contributed by atoms with van der Waals surface area (Å²) in [5.41, 5.74) is 0. The van der Waals surface area contributed by atoms with E-state index in [-0.39, 0.29) is 5.91 Å². The molecule has 92 valence electrons. The number of piperazine rings is 1. The number of furan rings is 1. The van der Waals surface area contributed by atoms with E-state index in [9.17, 15) is 4.79 Å². The molecular formula is C13H18N2O2. The second-order valence-corrected chi connectivity index (χ2v) is 4.89. The minimum Gasteiger partial charge on any atom is -0.459 e. The first kappa shape index (κ1) is 10.8. The highest BCUT2D eigenvalue weighted by Gasteiger charge is 2.36. The van der Waals surface area contributed by atoms with Gasteiger partial charge in [-0.3, -0.25) is 4.79 Å². The van der Waals surface area contributed by atoms with Crippen LogP contribution in [0, 0.1) is 0 Å². The smallest absolute Gasteiger partial charge is 0.289 e. The topological polar surface area (TPSA) is 45.5 Å². The molecular weight excluding hydrogens is 216 g/mol. The van der Waals surface area contributed by atoms with E-state index in [1.165, 1.54) is 19.3 Å². The van der Waals surface area contributed by atoms with Crippen molar-refractivity contribution in [1.29, 1.82) is 0 Å². The van der Waals surface area contributed by atoms with Crippen LogP contribution >= 0.6 is 0 Å². The Bertz CT molecular complexity index is 386. The van der Waals surface area contributed by atoms with E-state index < -0.39 is 0 Å². The molecule has 2 atom stereocenters. The normalized spacial score (nSPS) is 28.8. The standard InChI is InChI=1S/C13H18N2O2/c16-13(12-6-3-9-17-12)15-8-7-14-10-4-1-2-5-11(10)15/h3,6,9-11,14H,1-2,4-5,7-8H2. The molecule has 1 aliphatic carbocycles. The van der Waals surface area contributed by atoms with Gasteiger partial charge < -0.3 is 14.6 Å². The predicted molar refractivity (Wildman–Crippen MR) is 63.8 cm³/mol. The lowest BCUT2D eigenvalue weighted by atomic mass is 9.87. The summed E-state index contributed by atoms with van der Waals surface area (Å²) >= 11 is 0. The Balaban J connectivity index is 1.79. The zero-order chi connectivity index (χ0) is 11.7. The third-order valence-corrected chi connectivity index (χ3v) is 3.88. The average molecular weight is 234 g/mol. The molecule has 0 radical (unpaired) electrons. The Labute approximate surface area is 101 Å². The summed E-state index contributed by atoms with van der Waals surface area (Å²) in [6, 6.07) is 4.36. The summed E-state index contributed by atoms with van der Waals surface area (Å²) in [5, 5.41) is 3.53. The summed E-state index contributed by atoms with van der Waals surface area (Å²) in [7, 11) is 0. The van der Waals surface area contributed by atoms with Crippen LogP contribution in [0.25, 0.3) is 0 Å². The van der Waals surface area contributed by atoms with E-state index in [2.05, 4.69) is 5.32 Å². The second-order valence-electron chi connectivity index (χ2n) is 4.89. The fourth-order valence-corrected chi connectivity index (χ4v) is 3.05. The van der Waals surface area contributed by atoms with Crippen molar-refractivity contribution in [3.63, 3.8) is 0 Å². The van der Waals surface area contributed by atoms with Crippen LogP contribution in [-0.2, 0) is 0 Å². The molecule has 2 unspecified atom stereocenters. The van der Waals surface area contributed by atoms with E-state index in [1.807, 2.05) is 4.90 Å². The van der Waals surface area contributed by atoms with Gasteiger partial charge in [-0.2, -0.15) is 0 Å². The van der Waals surface area contributed by atoms with Crippen molar-refractivity contribution in [3.05, 3.63) is 24.2 Å². The molecule has 1 N–H and O–H groups in total. The Morgan fingerprint density at radius 2 is 2.29 bits per heavy atom. The molecule has 4 nitrogen and oxygen atoms in total. The van der Waals surface area contributed by atoms with Crippen LogP contribution in [0.4, 0.5) is 0 Å². The van der Waals surface area contributed by atoms with Gasteiger partial charge in [0.2, 0.25) is 0 Å². The largest absolute Gasteiger partial charge is 0.459 e. The van der Waals surface area contributed by atoms with Gasteiger partial charge in [-0.05, 0) is 25.0 Å². The highest BCUT2D eigenvalue weighted by atomic mass is 16.3. The molecule has 2 fully saturated rings. The molecule has 4 heteroatoms. The van der Waals surface area contributed by atoms with Gasteiger partial charge in [-0.25, -0.2) is 0 Å². The number of hydrogen-bond donors (Lipinski definition) is 1. The number of amides is 1. The van der Waals surface area contributed by atoms with Crippen LogP contribution in [-0.4, -0.2) is 36.0 Å². The molecule has 2 heterocycles. The molecule has 1 aromatic heterocycles. The van der Waals surface area contributed by atoms with E-state index in [0.717, 1.165) is 19.5 Å². The SMILES string of the molecule is O=C(c1ccco1)N1CCNC2CCCCC21. The lowest BCUT2D eigenvalue weighted by Crippen LogP contribution is -2.60. The first-order valence-electron chi connectivity index (χ1n) is 6.44. The molecule has 2 aliphatic rings. The van der Waals surface area contributed by atoms with Crippen molar-refractivity contribution in [2.75, 3.05) is 13.1 Å². The molecule has 17 heavy (non-hydrogen) atoms. The van der Waals surface area contributed by atoms with Gasteiger partial charge in [-0.15, -0.1) is 0 Å². The number of carbonyl (C=O) groups excluding carboxylic acids is 1. The van der Waals surface area contributed by atoms with Crippen LogP contribution in [0.5, 0.6) is 0 Å². The Hall–Kier alpha value is -1.29. The summed E-state index contributed by atoms with van der Waals surface area (Å²) in [6.45, 7) is 1.69. The van der Waals surface area contributed by atoms with E-state index >= 15 is 0 Å². The van der Waals surface area contributed by atoms with Gasteiger partial charge in [0.1, 0.15) is 0 Å². The number of fused-ring (bicyclic) bond motifs is 1. The second kappa shape index (κ2) is 4.53. The average Bonchev–Trinajstić information content (AvgIpc) is 2.91. The zero-order valence-corrected chi connectivity index (χ0v) is 9.89. The molecule has 1 amide bonds. The van der Waals surface area contributed by atoms with Crippen molar-refractivity contribution in [2.45, 2.75) is 37.8 Å². The highest BCUT2D eigenvalue weighted by molar-refractivity contribution is 5.91. The van der Waals surface area contributed by atoms with Crippen LogP contribution in [0.3, 0.4) is 0 Å². The fourth-order valence-electron chi connectivity index (χ4n) is 3.05. The maximum atomic E-state index is 12.3. The summed E-state index contributed by atoms with van der Waals surface area (Å²) in [4.78, 5) is 14.3.